The third-order valence-electron chi connectivity index (χ3n) is 0.480. The van der Waals surface area contributed by atoms with Gasteiger partial charge in [-0.3, -0.25) is 4.84 Å². The van der Waals surface area contributed by atoms with Crippen molar-refractivity contribution in [3.63, 3.8) is 0 Å². The van der Waals surface area contributed by atoms with E-state index in [4.69, 9.17) is 4.84 Å². The highest BCUT2D eigenvalue weighted by Crippen LogP contribution is 2.02. The largest absolute Gasteiger partial charge is 0.296 e. The molecule has 0 saturated heterocycles. The monoisotopic (exact) mass is 116 g/mol. The highest BCUT2D eigenvalue weighted by Gasteiger charge is 2.08. The van der Waals surface area contributed by atoms with Gasteiger partial charge in [0.1, 0.15) is 0 Å². The molecule has 1 N–H and O–H groups in total. The van der Waals surface area contributed by atoms with Crippen LogP contribution >= 0.6 is 0 Å². The van der Waals surface area contributed by atoms with Crippen LogP contribution in [0.5, 0.6) is 0 Å². The highest BCUT2D eigenvalue weighted by atomic mass is 16.7. The molecule has 0 amide bonds. The standard InChI is InChI=1S/C6H14NO/c1-5-7-8-6(2,3)4/h7H,1,5H2,2-4H3. The molecule has 0 atom stereocenters. The van der Waals surface area contributed by atoms with Gasteiger partial charge in [0.25, 0.3) is 0 Å². The fraction of sp³-hybridized carbons (Fsp3) is 0.833. The van der Waals surface area contributed by atoms with Crippen LogP contribution in [-0.4, -0.2) is 12.1 Å². The lowest BCUT2D eigenvalue weighted by atomic mass is 10.2. The SMILES string of the molecule is [CH2]CNOC(C)(C)C. The summed E-state index contributed by atoms with van der Waals surface area (Å²) < 4.78 is 0. The number of hydroxylamine groups is 1. The molecule has 49 valence electrons. The summed E-state index contributed by atoms with van der Waals surface area (Å²) in [6.45, 7) is 10.1. The van der Waals surface area contributed by atoms with E-state index in [-0.39, 0.29) is 5.60 Å². The van der Waals surface area contributed by atoms with Gasteiger partial charge < -0.3 is 0 Å². The molecule has 0 fully saturated rings. The van der Waals surface area contributed by atoms with Gasteiger partial charge in [0, 0.05) is 6.54 Å². The third-order valence-corrected chi connectivity index (χ3v) is 0.480. The lowest BCUT2D eigenvalue weighted by molar-refractivity contribution is -0.0680. The molecule has 0 saturated carbocycles. The second-order valence-corrected chi connectivity index (χ2v) is 2.61. The maximum atomic E-state index is 5.07. The zero-order valence-electron chi connectivity index (χ0n) is 5.82. The van der Waals surface area contributed by atoms with E-state index in [9.17, 15) is 0 Å². The topological polar surface area (TPSA) is 21.3 Å². The lowest BCUT2D eigenvalue weighted by Crippen LogP contribution is -2.28. The molecular weight excluding hydrogens is 102 g/mol. The summed E-state index contributed by atoms with van der Waals surface area (Å²) in [7, 11) is 0. The van der Waals surface area contributed by atoms with Crippen molar-refractivity contribution in [2.45, 2.75) is 26.4 Å². The van der Waals surface area contributed by atoms with Gasteiger partial charge in [0.05, 0.1) is 5.60 Å². The molecule has 0 spiro atoms. The molecule has 0 aliphatic carbocycles. The van der Waals surface area contributed by atoms with Crippen LogP contribution in [0.3, 0.4) is 0 Å². The van der Waals surface area contributed by atoms with Crippen molar-refractivity contribution in [3.8, 4) is 0 Å². The van der Waals surface area contributed by atoms with Crippen molar-refractivity contribution < 1.29 is 4.84 Å². The van der Waals surface area contributed by atoms with Crippen LogP contribution in [0, 0.1) is 6.92 Å². The van der Waals surface area contributed by atoms with Gasteiger partial charge in [-0.1, -0.05) is 0 Å². The minimum atomic E-state index is -0.0995. The van der Waals surface area contributed by atoms with Crippen LogP contribution in [0.25, 0.3) is 0 Å². The minimum absolute atomic E-state index is 0.0995. The van der Waals surface area contributed by atoms with Crippen molar-refractivity contribution in [1.82, 2.24) is 5.48 Å². The van der Waals surface area contributed by atoms with Crippen molar-refractivity contribution in [3.05, 3.63) is 6.92 Å². The normalized spacial score (nSPS) is 12.0. The molecular formula is C6H14NO. The Labute approximate surface area is 51.2 Å². The molecule has 1 radical (unpaired) electrons. The van der Waals surface area contributed by atoms with Gasteiger partial charge >= 0.3 is 0 Å². The maximum absolute atomic E-state index is 5.07. The molecule has 0 rings (SSSR count). The molecule has 2 heteroatoms. The Kier molecular flexibility index (Phi) is 3.02. The number of rotatable bonds is 2. The molecule has 0 bridgehead atoms. The summed E-state index contributed by atoms with van der Waals surface area (Å²) in [4.78, 5) is 5.07. The fourth-order valence-electron chi connectivity index (χ4n) is 0.268. The van der Waals surface area contributed by atoms with Gasteiger partial charge in [0.15, 0.2) is 0 Å². The van der Waals surface area contributed by atoms with Crippen molar-refractivity contribution in [2.75, 3.05) is 6.54 Å². The predicted octanol–water partition coefficient (Wildman–Crippen LogP) is 1.14. The molecule has 0 aromatic carbocycles. The van der Waals surface area contributed by atoms with Crippen LogP contribution in [0.4, 0.5) is 0 Å². The summed E-state index contributed by atoms with van der Waals surface area (Å²) in [5, 5.41) is 0. The van der Waals surface area contributed by atoms with Crippen molar-refractivity contribution >= 4 is 0 Å². The minimum Gasteiger partial charge on any atom is -0.296 e. The van der Waals surface area contributed by atoms with E-state index < -0.39 is 0 Å². The second kappa shape index (κ2) is 3.05. The quantitative estimate of drug-likeness (QED) is 0.546. The average molecular weight is 116 g/mol. The first-order valence-corrected chi connectivity index (χ1v) is 2.76. The van der Waals surface area contributed by atoms with Crippen LogP contribution in [0.2, 0.25) is 0 Å². The smallest absolute Gasteiger partial charge is 0.0812 e. The Morgan fingerprint density at radius 1 is 1.50 bits per heavy atom. The Morgan fingerprint density at radius 2 is 2.00 bits per heavy atom. The summed E-state index contributed by atoms with van der Waals surface area (Å²) >= 11 is 0. The first-order valence-electron chi connectivity index (χ1n) is 2.76. The number of hydrogen-bond acceptors (Lipinski definition) is 2. The van der Waals surface area contributed by atoms with E-state index in [1.54, 1.807) is 0 Å². The molecule has 2 nitrogen and oxygen atoms in total. The van der Waals surface area contributed by atoms with Crippen molar-refractivity contribution in [1.29, 1.82) is 0 Å². The Bertz CT molecular complexity index is 56.0. The van der Waals surface area contributed by atoms with Crippen LogP contribution in [0.15, 0.2) is 0 Å². The first kappa shape index (κ1) is 7.92. The zero-order chi connectivity index (χ0) is 6.62. The predicted molar refractivity (Wildman–Crippen MR) is 34.2 cm³/mol. The molecule has 0 aromatic rings. The molecule has 8 heavy (non-hydrogen) atoms. The van der Waals surface area contributed by atoms with E-state index in [1.165, 1.54) is 0 Å². The van der Waals surface area contributed by atoms with Gasteiger partial charge in [-0.05, 0) is 27.7 Å². The Hall–Kier alpha value is -0.0800. The lowest BCUT2D eigenvalue weighted by Gasteiger charge is -2.18. The third kappa shape index (κ3) is 5.92. The van der Waals surface area contributed by atoms with Crippen LogP contribution in [-0.2, 0) is 4.84 Å². The van der Waals surface area contributed by atoms with Crippen LogP contribution < -0.4 is 5.48 Å². The summed E-state index contributed by atoms with van der Waals surface area (Å²) in [6.07, 6.45) is 0. The summed E-state index contributed by atoms with van der Waals surface area (Å²) in [5.41, 5.74) is 2.58. The zero-order valence-corrected chi connectivity index (χ0v) is 5.82. The van der Waals surface area contributed by atoms with Gasteiger partial charge in [-0.15, -0.1) is 0 Å². The second-order valence-electron chi connectivity index (χ2n) is 2.61. The van der Waals surface area contributed by atoms with Crippen LogP contribution in [0.1, 0.15) is 20.8 Å². The van der Waals surface area contributed by atoms with E-state index in [0.717, 1.165) is 0 Å². The van der Waals surface area contributed by atoms with E-state index >= 15 is 0 Å². The highest BCUT2D eigenvalue weighted by molar-refractivity contribution is 4.56. The maximum Gasteiger partial charge on any atom is 0.0812 e. The molecule has 0 aromatic heterocycles. The molecule has 0 unspecified atom stereocenters. The number of hydrogen-bond donors (Lipinski definition) is 1. The van der Waals surface area contributed by atoms with E-state index in [2.05, 4.69) is 12.4 Å². The summed E-state index contributed by atoms with van der Waals surface area (Å²) in [5.74, 6) is 0. The molecule has 0 aliphatic rings. The first-order chi connectivity index (χ1) is 3.56. The van der Waals surface area contributed by atoms with E-state index in [0.29, 0.717) is 6.54 Å². The fourth-order valence-corrected chi connectivity index (χ4v) is 0.268. The Balaban J connectivity index is 3.11. The van der Waals surface area contributed by atoms with Gasteiger partial charge in [-0.2, -0.15) is 0 Å². The molecule has 0 heterocycles. The van der Waals surface area contributed by atoms with Crippen molar-refractivity contribution in [2.24, 2.45) is 0 Å². The number of nitrogens with one attached hydrogen (secondary N) is 1. The summed E-state index contributed by atoms with van der Waals surface area (Å²) in [6, 6.07) is 0. The Morgan fingerprint density at radius 3 is 2.12 bits per heavy atom. The van der Waals surface area contributed by atoms with E-state index in [1.807, 2.05) is 20.8 Å². The average Bonchev–Trinajstić information content (AvgIpc) is 1.59. The van der Waals surface area contributed by atoms with Gasteiger partial charge in [-0.25, -0.2) is 5.48 Å². The van der Waals surface area contributed by atoms with Gasteiger partial charge in [0.2, 0.25) is 0 Å². The molecule has 0 aliphatic heterocycles.